The van der Waals surface area contributed by atoms with E-state index in [1.54, 1.807) is 0 Å². The molecule has 0 aromatic heterocycles. The molecule has 0 radical (unpaired) electrons. The summed E-state index contributed by atoms with van der Waals surface area (Å²) in [6.45, 7) is 8.54. The van der Waals surface area contributed by atoms with E-state index in [1.165, 1.54) is 33.4 Å². The minimum absolute atomic E-state index is 1.10. The molecule has 2 nitrogen and oxygen atoms in total. The fraction of sp³-hybridized carbons (Fsp3) is 0.105. The highest BCUT2D eigenvalue weighted by molar-refractivity contribution is 5.87. The lowest BCUT2D eigenvalue weighted by Gasteiger charge is -2.28. The van der Waals surface area contributed by atoms with Gasteiger partial charge in [0, 0.05) is 34.1 Å². The summed E-state index contributed by atoms with van der Waals surface area (Å²) in [4.78, 5) is 4.72. The molecular weight excluding hydrogens is 484 g/mol. The van der Waals surface area contributed by atoms with Crippen LogP contribution in [0.4, 0.5) is 34.1 Å². The largest absolute Gasteiger partial charge is 0.310 e. The van der Waals surface area contributed by atoms with Crippen molar-refractivity contribution in [3.05, 3.63) is 156 Å². The molecule has 4 aromatic rings. The lowest BCUT2D eigenvalue weighted by atomic mass is 10.1. The lowest BCUT2D eigenvalue weighted by molar-refractivity contribution is 1.25. The van der Waals surface area contributed by atoms with E-state index in [0.29, 0.717) is 0 Å². The first-order chi connectivity index (χ1) is 19.4. The molecule has 0 saturated heterocycles. The predicted molar refractivity (Wildman–Crippen MR) is 171 cm³/mol. The Bertz CT molecular complexity index is 1480. The van der Waals surface area contributed by atoms with Crippen LogP contribution in [0.1, 0.15) is 22.3 Å². The molecule has 0 bridgehead atoms. The second-order valence-corrected chi connectivity index (χ2v) is 10.7. The van der Waals surface area contributed by atoms with Gasteiger partial charge in [0.1, 0.15) is 0 Å². The van der Waals surface area contributed by atoms with E-state index in [2.05, 4.69) is 171 Å². The second kappa shape index (κ2) is 10.7. The summed E-state index contributed by atoms with van der Waals surface area (Å²) < 4.78 is 0. The standard InChI is InChI=1S/C38H34N2/c1-27-8-16-33(17-9-27)39(34-18-10-28(2)11-19-34)37-24-31-6-5-7-32(31)25-38(26-37)40(35-20-12-29(3)13-21-35)36-22-14-30(4)15-23-36/h5-26H,1-4H3. The van der Waals surface area contributed by atoms with Gasteiger partial charge in [0.2, 0.25) is 0 Å². The van der Waals surface area contributed by atoms with Gasteiger partial charge in [-0.2, -0.15) is 0 Å². The van der Waals surface area contributed by atoms with Crippen molar-refractivity contribution in [1.82, 2.24) is 0 Å². The van der Waals surface area contributed by atoms with E-state index in [9.17, 15) is 0 Å². The molecule has 0 saturated carbocycles. The molecular formula is C38H34N2. The van der Waals surface area contributed by atoms with Crippen molar-refractivity contribution >= 4 is 34.1 Å². The summed E-state index contributed by atoms with van der Waals surface area (Å²) in [5.41, 5.74) is 14.1. The van der Waals surface area contributed by atoms with Crippen LogP contribution >= 0.6 is 0 Å². The molecule has 196 valence electrons. The molecule has 0 heterocycles. The quantitative estimate of drug-likeness (QED) is 0.216. The van der Waals surface area contributed by atoms with E-state index in [-0.39, 0.29) is 0 Å². The van der Waals surface area contributed by atoms with E-state index in [4.69, 9.17) is 0 Å². The van der Waals surface area contributed by atoms with Crippen LogP contribution in [0.5, 0.6) is 0 Å². The third kappa shape index (κ3) is 5.21. The van der Waals surface area contributed by atoms with Crippen molar-refractivity contribution < 1.29 is 0 Å². The van der Waals surface area contributed by atoms with E-state index >= 15 is 0 Å². The van der Waals surface area contributed by atoms with Gasteiger partial charge in [-0.05, 0) is 106 Å². The molecule has 0 unspecified atom stereocenters. The Hall–Kier alpha value is -4.82. The topological polar surface area (TPSA) is 6.48 Å². The average molecular weight is 519 g/mol. The minimum Gasteiger partial charge on any atom is -0.310 e. The number of nitrogens with zero attached hydrogens (tertiary/aromatic N) is 2. The Morgan fingerprint density at radius 3 is 0.850 bits per heavy atom. The van der Waals surface area contributed by atoms with E-state index in [0.717, 1.165) is 34.1 Å². The van der Waals surface area contributed by atoms with Gasteiger partial charge in [0.15, 0.2) is 0 Å². The predicted octanol–water partition coefficient (Wildman–Crippen LogP) is 11.0. The van der Waals surface area contributed by atoms with Crippen LogP contribution in [-0.2, 0) is 0 Å². The fourth-order valence-corrected chi connectivity index (χ4v) is 5.19. The lowest BCUT2D eigenvalue weighted by Crippen LogP contribution is -2.12. The molecule has 6 rings (SSSR count). The molecule has 0 spiro atoms. The van der Waals surface area contributed by atoms with Gasteiger partial charge in [0.25, 0.3) is 0 Å². The van der Waals surface area contributed by atoms with Crippen LogP contribution in [0, 0.1) is 27.7 Å². The number of aryl methyl sites for hydroxylation is 4. The van der Waals surface area contributed by atoms with Gasteiger partial charge in [-0.3, -0.25) is 0 Å². The van der Waals surface area contributed by atoms with Crippen molar-refractivity contribution in [3.63, 3.8) is 0 Å². The zero-order valence-electron chi connectivity index (χ0n) is 23.6. The van der Waals surface area contributed by atoms with E-state index < -0.39 is 0 Å². The van der Waals surface area contributed by atoms with Gasteiger partial charge >= 0.3 is 0 Å². The fourth-order valence-electron chi connectivity index (χ4n) is 5.19. The normalized spacial score (nSPS) is 11.0. The first kappa shape index (κ1) is 25.5. The highest BCUT2D eigenvalue weighted by Crippen LogP contribution is 2.43. The minimum atomic E-state index is 1.10. The van der Waals surface area contributed by atoms with Crippen molar-refractivity contribution in [3.8, 4) is 11.1 Å². The Kier molecular flexibility index (Phi) is 6.84. The highest BCUT2D eigenvalue weighted by Gasteiger charge is 2.19. The first-order valence-electron chi connectivity index (χ1n) is 13.9. The van der Waals surface area contributed by atoms with E-state index in [1.807, 2.05) is 0 Å². The highest BCUT2D eigenvalue weighted by atomic mass is 15.2. The number of hydrogen-bond donors (Lipinski definition) is 0. The van der Waals surface area contributed by atoms with Crippen molar-refractivity contribution in [2.24, 2.45) is 0 Å². The summed E-state index contributed by atoms with van der Waals surface area (Å²) >= 11 is 0. The van der Waals surface area contributed by atoms with Crippen LogP contribution < -0.4 is 9.80 Å². The number of rotatable bonds is 6. The van der Waals surface area contributed by atoms with Gasteiger partial charge in [0.05, 0.1) is 0 Å². The molecule has 40 heavy (non-hydrogen) atoms. The van der Waals surface area contributed by atoms with Crippen LogP contribution in [0.2, 0.25) is 0 Å². The van der Waals surface area contributed by atoms with Crippen LogP contribution in [0.15, 0.2) is 133 Å². The number of anilines is 6. The summed E-state index contributed by atoms with van der Waals surface area (Å²) in [5.74, 6) is 0. The smallest absolute Gasteiger partial charge is 0.0488 e. The molecule has 2 aliphatic rings. The molecule has 0 aliphatic heterocycles. The Morgan fingerprint density at radius 1 is 0.300 bits per heavy atom. The summed E-state index contributed by atoms with van der Waals surface area (Å²) in [6, 6.07) is 48.6. The maximum Gasteiger partial charge on any atom is 0.0488 e. The van der Waals surface area contributed by atoms with Crippen LogP contribution in [0.25, 0.3) is 11.1 Å². The van der Waals surface area contributed by atoms with Crippen molar-refractivity contribution in [2.75, 3.05) is 9.80 Å². The summed E-state index contributed by atoms with van der Waals surface area (Å²) in [6.07, 6.45) is 0. The second-order valence-electron chi connectivity index (χ2n) is 10.7. The maximum atomic E-state index is 2.36. The van der Waals surface area contributed by atoms with Crippen LogP contribution in [-0.4, -0.2) is 0 Å². The SMILES string of the molecule is Cc1ccc(N(c2ccc(C)cc2)c2cc3cccc-3cc(N(c3ccc(C)cc3)c3ccc(C)cc3)c2)cc1. The third-order valence-electron chi connectivity index (χ3n) is 7.47. The van der Waals surface area contributed by atoms with Crippen molar-refractivity contribution in [1.29, 1.82) is 0 Å². The third-order valence-corrected chi connectivity index (χ3v) is 7.47. The molecule has 0 N–H and O–H groups in total. The zero-order chi connectivity index (χ0) is 27.6. The Morgan fingerprint density at radius 2 is 0.575 bits per heavy atom. The monoisotopic (exact) mass is 518 g/mol. The molecule has 4 aromatic carbocycles. The maximum absolute atomic E-state index is 2.36. The van der Waals surface area contributed by atoms with Crippen molar-refractivity contribution in [2.45, 2.75) is 27.7 Å². The average Bonchev–Trinajstić information content (AvgIpc) is 3.31. The molecule has 2 heteroatoms. The van der Waals surface area contributed by atoms with Gasteiger partial charge in [-0.1, -0.05) is 89.0 Å². The summed E-state index contributed by atoms with van der Waals surface area (Å²) in [5, 5.41) is 0. The zero-order valence-corrected chi connectivity index (χ0v) is 23.6. The Balaban J connectivity index is 1.61. The van der Waals surface area contributed by atoms with Crippen LogP contribution in [0.3, 0.4) is 0 Å². The Labute approximate surface area is 238 Å². The number of hydrogen-bond acceptors (Lipinski definition) is 2. The van der Waals surface area contributed by atoms with Gasteiger partial charge in [-0.25, -0.2) is 0 Å². The van der Waals surface area contributed by atoms with Gasteiger partial charge in [-0.15, -0.1) is 0 Å². The summed E-state index contributed by atoms with van der Waals surface area (Å²) in [7, 11) is 0. The number of benzene rings is 4. The van der Waals surface area contributed by atoms with Gasteiger partial charge < -0.3 is 9.80 Å². The molecule has 0 atom stereocenters. The molecule has 2 aliphatic carbocycles. The molecule has 0 fully saturated rings. The number of fused-ring (bicyclic) bond motifs is 1. The first-order valence-corrected chi connectivity index (χ1v) is 13.9. The molecule has 0 amide bonds.